The van der Waals surface area contributed by atoms with Crippen LogP contribution in [-0.2, 0) is 4.79 Å². The van der Waals surface area contributed by atoms with Gasteiger partial charge in [-0.2, -0.15) is 0 Å². The van der Waals surface area contributed by atoms with Crippen LogP contribution >= 0.6 is 11.6 Å². The number of phenols is 1. The summed E-state index contributed by atoms with van der Waals surface area (Å²) in [5, 5.41) is 18.5. The van der Waals surface area contributed by atoms with Gasteiger partial charge in [0.1, 0.15) is 0 Å². The first-order valence-corrected chi connectivity index (χ1v) is 8.49. The minimum Gasteiger partial charge on any atom is -0.504 e. The Morgan fingerprint density at radius 3 is 2.59 bits per heavy atom. The summed E-state index contributed by atoms with van der Waals surface area (Å²) in [4.78, 5) is 24.9. The predicted octanol–water partition coefficient (Wildman–Crippen LogP) is 3.32. The third-order valence-corrected chi connectivity index (χ3v) is 4.40. The molecule has 1 aliphatic heterocycles. The Balaban J connectivity index is 1.96. The normalized spacial score (nSPS) is 16.4. The van der Waals surface area contributed by atoms with Crippen LogP contribution in [0.25, 0.3) is 0 Å². The van der Waals surface area contributed by atoms with Crippen LogP contribution in [0.1, 0.15) is 18.5 Å². The van der Waals surface area contributed by atoms with E-state index < -0.39 is 12.1 Å². The number of rotatable bonds is 4. The largest absolute Gasteiger partial charge is 0.504 e. The van der Waals surface area contributed by atoms with Crippen LogP contribution in [0, 0.1) is 0 Å². The second-order valence-corrected chi connectivity index (χ2v) is 6.40. The molecule has 0 fully saturated rings. The van der Waals surface area contributed by atoms with Gasteiger partial charge in [-0.1, -0.05) is 17.7 Å². The van der Waals surface area contributed by atoms with Gasteiger partial charge in [-0.3, -0.25) is 4.79 Å². The minimum absolute atomic E-state index is 0.0330. The number of carbonyl (C=O) groups is 2. The lowest BCUT2D eigenvalue weighted by atomic mass is 9.94. The van der Waals surface area contributed by atoms with Gasteiger partial charge in [0.05, 0.1) is 18.7 Å². The fourth-order valence-corrected chi connectivity index (χ4v) is 2.98. The number of carbonyl (C=O) groups excluding carboxylic acids is 2. The third-order valence-electron chi connectivity index (χ3n) is 4.15. The molecule has 2 aromatic carbocycles. The van der Waals surface area contributed by atoms with Crippen LogP contribution in [0.2, 0.25) is 5.02 Å². The molecule has 140 valence electrons. The van der Waals surface area contributed by atoms with E-state index in [1.165, 1.54) is 13.2 Å². The van der Waals surface area contributed by atoms with Gasteiger partial charge in [-0.15, -0.1) is 0 Å². The Kier molecular flexibility index (Phi) is 5.23. The van der Waals surface area contributed by atoms with Gasteiger partial charge in [-0.25, -0.2) is 4.79 Å². The molecule has 27 heavy (non-hydrogen) atoms. The van der Waals surface area contributed by atoms with E-state index in [1.54, 1.807) is 43.3 Å². The minimum atomic E-state index is -0.708. The second kappa shape index (κ2) is 7.59. The zero-order valence-electron chi connectivity index (χ0n) is 14.7. The molecule has 0 aliphatic carbocycles. The maximum Gasteiger partial charge on any atom is 0.319 e. The Morgan fingerprint density at radius 1 is 1.22 bits per heavy atom. The van der Waals surface area contributed by atoms with Gasteiger partial charge in [0.2, 0.25) is 0 Å². The summed E-state index contributed by atoms with van der Waals surface area (Å²) in [6.07, 6.45) is 0. The number of phenolic OH excluding ortho intramolecular Hbond substituents is 1. The SMILES string of the molecule is COc1cc([C@@H]2NC(=O)NC(C)=C2C(=O)Nc2ccc(Cl)cc2)ccc1O. The molecule has 0 bridgehead atoms. The number of nitrogens with one attached hydrogen (secondary N) is 3. The lowest BCUT2D eigenvalue weighted by Gasteiger charge is -2.29. The molecular formula is C19H18ClN3O4. The van der Waals surface area contributed by atoms with Crippen molar-refractivity contribution in [3.05, 3.63) is 64.3 Å². The number of hydrogen-bond donors (Lipinski definition) is 4. The monoisotopic (exact) mass is 387 g/mol. The second-order valence-electron chi connectivity index (χ2n) is 5.96. The summed E-state index contributed by atoms with van der Waals surface area (Å²) in [5.74, 6) is -0.163. The molecule has 1 aliphatic rings. The van der Waals surface area contributed by atoms with Gasteiger partial charge in [-0.05, 0) is 48.9 Å². The number of benzene rings is 2. The van der Waals surface area contributed by atoms with Crippen LogP contribution in [0.3, 0.4) is 0 Å². The van der Waals surface area contributed by atoms with E-state index in [0.29, 0.717) is 27.5 Å². The summed E-state index contributed by atoms with van der Waals surface area (Å²) in [7, 11) is 1.43. The fourth-order valence-electron chi connectivity index (χ4n) is 2.85. The number of amides is 3. The van der Waals surface area contributed by atoms with E-state index in [1.807, 2.05) is 0 Å². The molecule has 0 aromatic heterocycles. The van der Waals surface area contributed by atoms with Crippen LogP contribution in [0.4, 0.5) is 10.5 Å². The fraction of sp³-hybridized carbons (Fsp3) is 0.158. The van der Waals surface area contributed by atoms with E-state index >= 15 is 0 Å². The van der Waals surface area contributed by atoms with E-state index in [-0.39, 0.29) is 17.4 Å². The Labute approximate surface area is 161 Å². The van der Waals surface area contributed by atoms with Gasteiger partial charge in [0.15, 0.2) is 11.5 Å². The third kappa shape index (κ3) is 3.98. The molecular weight excluding hydrogens is 370 g/mol. The molecule has 0 spiro atoms. The Bertz CT molecular complexity index is 925. The van der Waals surface area contributed by atoms with Gasteiger partial charge >= 0.3 is 6.03 Å². The molecule has 1 atom stereocenters. The van der Waals surface area contributed by atoms with Crippen molar-refractivity contribution in [2.24, 2.45) is 0 Å². The van der Waals surface area contributed by atoms with Crippen LogP contribution in [0.5, 0.6) is 11.5 Å². The number of aromatic hydroxyl groups is 1. The van der Waals surface area contributed by atoms with Crippen molar-refractivity contribution in [1.29, 1.82) is 0 Å². The highest BCUT2D eigenvalue weighted by atomic mass is 35.5. The lowest BCUT2D eigenvalue weighted by Crippen LogP contribution is -2.45. The van der Waals surface area contributed by atoms with Crippen molar-refractivity contribution < 1.29 is 19.4 Å². The zero-order valence-corrected chi connectivity index (χ0v) is 15.4. The predicted molar refractivity (Wildman–Crippen MR) is 102 cm³/mol. The van der Waals surface area contributed by atoms with Gasteiger partial charge in [0, 0.05) is 16.4 Å². The summed E-state index contributed by atoms with van der Waals surface area (Å²) in [6.45, 7) is 1.65. The molecule has 0 saturated heterocycles. The maximum absolute atomic E-state index is 12.9. The van der Waals surface area contributed by atoms with Crippen LogP contribution in [-0.4, -0.2) is 24.2 Å². The van der Waals surface area contributed by atoms with E-state index in [4.69, 9.17) is 16.3 Å². The molecule has 7 nitrogen and oxygen atoms in total. The number of allylic oxidation sites excluding steroid dienone is 1. The molecule has 2 aromatic rings. The first-order valence-electron chi connectivity index (χ1n) is 8.11. The smallest absolute Gasteiger partial charge is 0.319 e. The average Bonchev–Trinajstić information content (AvgIpc) is 2.63. The Hall–Kier alpha value is -3.19. The van der Waals surface area contributed by atoms with Crippen molar-refractivity contribution in [3.63, 3.8) is 0 Å². The summed E-state index contributed by atoms with van der Waals surface area (Å²) in [6, 6.07) is 10.2. The number of ether oxygens (including phenoxy) is 1. The van der Waals surface area contributed by atoms with E-state index in [2.05, 4.69) is 16.0 Å². The number of urea groups is 1. The van der Waals surface area contributed by atoms with Gasteiger partial charge in [0.25, 0.3) is 5.91 Å². The lowest BCUT2D eigenvalue weighted by molar-refractivity contribution is -0.113. The van der Waals surface area contributed by atoms with Crippen LogP contribution < -0.4 is 20.7 Å². The first kappa shape index (κ1) is 18.6. The van der Waals surface area contributed by atoms with Crippen molar-refractivity contribution in [1.82, 2.24) is 10.6 Å². The van der Waals surface area contributed by atoms with Crippen molar-refractivity contribution in [2.45, 2.75) is 13.0 Å². The highest BCUT2D eigenvalue weighted by Crippen LogP contribution is 2.33. The number of anilines is 1. The maximum atomic E-state index is 12.9. The highest BCUT2D eigenvalue weighted by Gasteiger charge is 2.31. The van der Waals surface area contributed by atoms with Gasteiger partial charge < -0.3 is 25.8 Å². The number of hydrogen-bond acceptors (Lipinski definition) is 4. The standard InChI is InChI=1S/C19H18ClN3O4/c1-10-16(18(25)22-13-6-4-12(20)5-7-13)17(23-19(26)21-10)11-3-8-14(24)15(9-11)27-2/h3-9,17,24H,1-2H3,(H,22,25)(H2,21,23,26)/t17-/m0/s1. The van der Waals surface area contributed by atoms with Crippen molar-refractivity contribution >= 4 is 29.2 Å². The van der Waals surface area contributed by atoms with Crippen LogP contribution in [0.15, 0.2) is 53.7 Å². The quantitative estimate of drug-likeness (QED) is 0.646. The Morgan fingerprint density at radius 2 is 1.93 bits per heavy atom. The molecule has 8 heteroatoms. The van der Waals surface area contributed by atoms with Crippen molar-refractivity contribution in [3.8, 4) is 11.5 Å². The van der Waals surface area contributed by atoms with E-state index in [9.17, 15) is 14.7 Å². The summed E-state index contributed by atoms with van der Waals surface area (Å²) < 4.78 is 5.13. The van der Waals surface area contributed by atoms with E-state index in [0.717, 1.165) is 0 Å². The molecule has 1 heterocycles. The topological polar surface area (TPSA) is 99.7 Å². The highest BCUT2D eigenvalue weighted by molar-refractivity contribution is 6.30. The molecule has 3 amide bonds. The molecule has 0 unspecified atom stereocenters. The number of halogens is 1. The average molecular weight is 388 g/mol. The zero-order chi connectivity index (χ0) is 19.6. The van der Waals surface area contributed by atoms with Crippen molar-refractivity contribution in [2.75, 3.05) is 12.4 Å². The molecule has 3 rings (SSSR count). The summed E-state index contributed by atoms with van der Waals surface area (Å²) in [5.41, 5.74) is 1.95. The molecule has 4 N–H and O–H groups in total. The summed E-state index contributed by atoms with van der Waals surface area (Å²) >= 11 is 5.87. The molecule has 0 radical (unpaired) electrons. The molecule has 0 saturated carbocycles. The first-order chi connectivity index (χ1) is 12.9. The number of methoxy groups -OCH3 is 1.